The molecule has 11 heteroatoms. The highest BCUT2D eigenvalue weighted by Gasteiger charge is 2.24. The Hall–Kier alpha value is -5.18. The number of hydrogen-bond donors (Lipinski definition) is 2. The molecule has 0 saturated heterocycles. The van der Waals surface area contributed by atoms with Crippen molar-refractivity contribution in [3.05, 3.63) is 115 Å². The van der Waals surface area contributed by atoms with Crippen LogP contribution in [0.4, 0.5) is 11.5 Å². The van der Waals surface area contributed by atoms with Crippen molar-refractivity contribution in [2.24, 2.45) is 0 Å². The summed E-state index contributed by atoms with van der Waals surface area (Å²) in [6, 6.07) is 32.1. The Morgan fingerprint density at radius 3 is 2.29 bits per heavy atom. The van der Waals surface area contributed by atoms with E-state index in [1.807, 2.05) is 67.6 Å². The third-order valence-corrected chi connectivity index (χ3v) is 9.54. The zero-order valence-electron chi connectivity index (χ0n) is 24.5. The molecule has 0 aliphatic carbocycles. The monoisotopic (exact) mass is 635 g/mol. The molecule has 0 radical (unpaired) electrons. The van der Waals surface area contributed by atoms with Gasteiger partial charge in [-0.3, -0.25) is 9.52 Å². The van der Waals surface area contributed by atoms with Gasteiger partial charge in [-0.05, 0) is 66.6 Å². The number of nitriles is 1. The molecule has 0 saturated carbocycles. The number of thioether (sulfide) groups is 1. The fourth-order valence-corrected chi connectivity index (χ4v) is 6.52. The first kappa shape index (κ1) is 31.3. The van der Waals surface area contributed by atoms with E-state index in [1.54, 1.807) is 25.3 Å². The van der Waals surface area contributed by atoms with Gasteiger partial charge in [0, 0.05) is 23.0 Å². The first-order valence-corrected chi connectivity index (χ1v) is 16.3. The van der Waals surface area contributed by atoms with Crippen LogP contribution in [0.5, 0.6) is 5.75 Å². The van der Waals surface area contributed by atoms with Gasteiger partial charge in [0.1, 0.15) is 22.7 Å². The molecule has 1 atom stereocenters. The van der Waals surface area contributed by atoms with Crippen LogP contribution < -0.4 is 14.8 Å². The number of ether oxygens (including phenoxy) is 1. The zero-order chi connectivity index (χ0) is 31.8. The maximum atomic E-state index is 13.5. The van der Waals surface area contributed by atoms with Crippen molar-refractivity contribution in [2.75, 3.05) is 17.1 Å². The van der Waals surface area contributed by atoms with Crippen LogP contribution in [0.3, 0.4) is 0 Å². The molecule has 2 heterocycles. The van der Waals surface area contributed by atoms with Crippen LogP contribution >= 0.6 is 11.8 Å². The summed E-state index contributed by atoms with van der Waals surface area (Å²) in [7, 11) is -2.27. The van der Waals surface area contributed by atoms with Gasteiger partial charge in [0.2, 0.25) is 5.91 Å². The van der Waals surface area contributed by atoms with E-state index in [9.17, 15) is 18.5 Å². The third kappa shape index (κ3) is 7.49. The van der Waals surface area contributed by atoms with Crippen LogP contribution in [0, 0.1) is 11.3 Å². The predicted molar refractivity (Wildman–Crippen MR) is 176 cm³/mol. The van der Waals surface area contributed by atoms with Crippen LogP contribution in [0.2, 0.25) is 0 Å². The number of nitrogens with one attached hydrogen (secondary N) is 2. The van der Waals surface area contributed by atoms with E-state index < -0.39 is 15.3 Å². The van der Waals surface area contributed by atoms with Crippen LogP contribution in [-0.2, 0) is 14.8 Å². The number of aromatic nitrogens is 2. The Bertz CT molecular complexity index is 1930. The molecule has 5 aromatic rings. The van der Waals surface area contributed by atoms with E-state index in [-0.39, 0.29) is 16.6 Å². The fourth-order valence-electron chi connectivity index (χ4n) is 4.49. The zero-order valence-corrected chi connectivity index (χ0v) is 26.1. The second-order valence-corrected chi connectivity index (χ2v) is 12.7. The number of amides is 1. The molecule has 226 valence electrons. The summed E-state index contributed by atoms with van der Waals surface area (Å²) in [6.45, 7) is 1.88. The number of benzene rings is 3. The predicted octanol–water partition coefficient (Wildman–Crippen LogP) is 7.00. The highest BCUT2D eigenvalue weighted by molar-refractivity contribution is 8.00. The summed E-state index contributed by atoms with van der Waals surface area (Å²) in [4.78, 5) is 22.3. The molecule has 2 aromatic heterocycles. The van der Waals surface area contributed by atoms with E-state index in [1.165, 1.54) is 42.2 Å². The average molecular weight is 636 g/mol. The van der Waals surface area contributed by atoms with Crippen molar-refractivity contribution in [2.45, 2.75) is 28.5 Å². The molecule has 3 aromatic carbocycles. The van der Waals surface area contributed by atoms with Crippen molar-refractivity contribution in [3.8, 4) is 34.2 Å². The minimum Gasteiger partial charge on any atom is -0.497 e. The number of pyridine rings is 2. The Kier molecular flexibility index (Phi) is 9.77. The van der Waals surface area contributed by atoms with Gasteiger partial charge in [-0.2, -0.15) is 5.26 Å². The Balaban J connectivity index is 1.40. The van der Waals surface area contributed by atoms with Gasteiger partial charge in [0.25, 0.3) is 10.0 Å². The maximum Gasteiger partial charge on any atom is 0.263 e. The van der Waals surface area contributed by atoms with Gasteiger partial charge in [-0.1, -0.05) is 67.2 Å². The quantitative estimate of drug-likeness (QED) is 0.148. The third-order valence-electron chi connectivity index (χ3n) is 6.82. The normalized spacial score (nSPS) is 11.7. The van der Waals surface area contributed by atoms with Gasteiger partial charge in [-0.15, -0.1) is 0 Å². The van der Waals surface area contributed by atoms with Crippen LogP contribution in [0.25, 0.3) is 22.4 Å². The van der Waals surface area contributed by atoms with Crippen molar-refractivity contribution >= 4 is 39.2 Å². The minimum absolute atomic E-state index is 0.0271. The Morgan fingerprint density at radius 1 is 0.956 bits per heavy atom. The number of anilines is 2. The van der Waals surface area contributed by atoms with Gasteiger partial charge in [-0.25, -0.2) is 18.4 Å². The molecule has 5 rings (SSSR count). The number of methoxy groups -OCH3 is 1. The van der Waals surface area contributed by atoms with Crippen molar-refractivity contribution in [1.82, 2.24) is 9.97 Å². The fraction of sp³-hybridized carbons (Fsp3) is 0.118. The topological polar surface area (TPSA) is 134 Å². The second-order valence-electron chi connectivity index (χ2n) is 9.79. The van der Waals surface area contributed by atoms with E-state index >= 15 is 0 Å². The molecule has 2 N–H and O–H groups in total. The number of carbonyl (C=O) groups excluding carboxylic acids is 1. The lowest BCUT2D eigenvalue weighted by atomic mass is 9.99. The number of rotatable bonds is 11. The summed E-state index contributed by atoms with van der Waals surface area (Å²) < 4.78 is 33.3. The van der Waals surface area contributed by atoms with Crippen molar-refractivity contribution in [3.63, 3.8) is 0 Å². The standard InChI is InChI=1S/C34H29N5O4S2/c1-3-31(33(40)37-25-14-18-27(19-15-25)45(41,42)39-32-11-7-8-20-36-32)44-34-29(22-35)28(23-12-16-26(43-2)17-13-23)21-30(38-34)24-9-5-4-6-10-24/h4-21,31H,3H2,1-2H3,(H,36,39)(H,37,40). The second kappa shape index (κ2) is 14.1. The number of hydrogen-bond acceptors (Lipinski definition) is 8. The molecule has 0 bridgehead atoms. The SMILES string of the molecule is CCC(Sc1nc(-c2ccccc2)cc(-c2ccc(OC)cc2)c1C#N)C(=O)Nc1ccc(S(=O)(=O)Nc2ccccn2)cc1. The number of sulfonamides is 1. The first-order valence-electron chi connectivity index (χ1n) is 14.0. The highest BCUT2D eigenvalue weighted by atomic mass is 32.2. The molecule has 0 aliphatic heterocycles. The molecule has 9 nitrogen and oxygen atoms in total. The number of nitrogens with zero attached hydrogens (tertiary/aromatic N) is 3. The van der Waals surface area contributed by atoms with Crippen molar-refractivity contribution in [1.29, 1.82) is 5.26 Å². The lowest BCUT2D eigenvalue weighted by Crippen LogP contribution is -2.25. The molecule has 0 fully saturated rings. The molecular formula is C34H29N5O4S2. The summed E-state index contributed by atoms with van der Waals surface area (Å²) in [5.74, 6) is 0.600. The largest absolute Gasteiger partial charge is 0.497 e. The van der Waals surface area contributed by atoms with Crippen LogP contribution in [-0.4, -0.2) is 36.7 Å². The molecule has 1 amide bonds. The van der Waals surface area contributed by atoms with Crippen molar-refractivity contribution < 1.29 is 17.9 Å². The summed E-state index contributed by atoms with van der Waals surface area (Å²) in [5.41, 5.74) is 3.87. The van der Waals surface area contributed by atoms with E-state index in [2.05, 4.69) is 21.1 Å². The summed E-state index contributed by atoms with van der Waals surface area (Å²) in [6.07, 6.45) is 1.95. The maximum absolute atomic E-state index is 13.5. The molecule has 45 heavy (non-hydrogen) atoms. The van der Waals surface area contributed by atoms with Gasteiger partial charge in [0.15, 0.2) is 0 Å². The van der Waals surface area contributed by atoms with Gasteiger partial charge < -0.3 is 10.1 Å². The summed E-state index contributed by atoms with van der Waals surface area (Å²) in [5, 5.41) is 13.0. The van der Waals surface area contributed by atoms with Gasteiger partial charge in [0.05, 0.1) is 28.5 Å². The first-order chi connectivity index (χ1) is 21.8. The van der Waals surface area contributed by atoms with Crippen LogP contribution in [0.1, 0.15) is 18.9 Å². The molecule has 1 unspecified atom stereocenters. The lowest BCUT2D eigenvalue weighted by Gasteiger charge is -2.18. The molecule has 0 spiro atoms. The van der Waals surface area contributed by atoms with Gasteiger partial charge >= 0.3 is 0 Å². The molecular weight excluding hydrogens is 607 g/mol. The van der Waals surface area contributed by atoms with E-state index in [4.69, 9.17) is 9.72 Å². The lowest BCUT2D eigenvalue weighted by molar-refractivity contribution is -0.115. The van der Waals surface area contributed by atoms with E-state index in [0.29, 0.717) is 39.7 Å². The summed E-state index contributed by atoms with van der Waals surface area (Å²) >= 11 is 1.22. The average Bonchev–Trinajstić information content (AvgIpc) is 3.07. The molecule has 0 aliphatic rings. The Labute approximate surface area is 266 Å². The minimum atomic E-state index is -3.86. The van der Waals surface area contributed by atoms with E-state index in [0.717, 1.165) is 11.1 Å². The number of carbonyl (C=O) groups is 1. The van der Waals surface area contributed by atoms with Crippen LogP contribution in [0.15, 0.2) is 119 Å². The highest BCUT2D eigenvalue weighted by Crippen LogP contribution is 2.37. The Morgan fingerprint density at radius 2 is 1.67 bits per heavy atom. The smallest absolute Gasteiger partial charge is 0.263 e.